The molecule has 0 aliphatic carbocycles. The number of hydrogen-bond acceptors (Lipinski definition) is 1. The van der Waals surface area contributed by atoms with Crippen molar-refractivity contribution < 1.29 is 4.57 Å². The van der Waals surface area contributed by atoms with Crippen molar-refractivity contribution in [1.29, 1.82) is 0 Å². The predicted molar refractivity (Wildman–Crippen MR) is 111 cm³/mol. The summed E-state index contributed by atoms with van der Waals surface area (Å²) in [4.78, 5) is 1.21. The lowest BCUT2D eigenvalue weighted by Gasteiger charge is -2.21. The van der Waals surface area contributed by atoms with Crippen molar-refractivity contribution in [3.8, 4) is 0 Å². The predicted octanol–water partition coefficient (Wildman–Crippen LogP) is 4.80. The van der Waals surface area contributed by atoms with E-state index in [1.165, 1.54) is 16.1 Å². The van der Waals surface area contributed by atoms with Crippen molar-refractivity contribution in [2.45, 2.75) is 13.1 Å². The molecule has 1 heterocycles. The highest BCUT2D eigenvalue weighted by atomic mass is 31.2. The first-order valence-corrected chi connectivity index (χ1v) is 13.3. The van der Waals surface area contributed by atoms with Gasteiger partial charge in [0.25, 0.3) is 0 Å². The maximum absolute atomic E-state index is 14.6. The second-order valence-corrected chi connectivity index (χ2v) is 12.8. The second-order valence-electron chi connectivity index (χ2n) is 6.74. The Morgan fingerprint density at radius 1 is 0.720 bits per heavy atom. The molecular weight excluding hydrogens is 339 g/mol. The van der Waals surface area contributed by atoms with Gasteiger partial charge in [0.15, 0.2) is 7.14 Å². The van der Waals surface area contributed by atoms with E-state index in [2.05, 4.69) is 55.6 Å². The monoisotopic (exact) mass is 360 g/mol. The van der Waals surface area contributed by atoms with Crippen molar-refractivity contribution in [2.24, 2.45) is 0 Å². The SMILES string of the molecule is C[SiH](C)C1=C(c2ccccc2)c2ccccc2P1(=O)c1ccccc1. The van der Waals surface area contributed by atoms with Gasteiger partial charge in [0, 0.05) is 10.6 Å². The van der Waals surface area contributed by atoms with Crippen LogP contribution in [0.5, 0.6) is 0 Å². The van der Waals surface area contributed by atoms with Gasteiger partial charge < -0.3 is 4.57 Å². The van der Waals surface area contributed by atoms with Crippen LogP contribution in [0.15, 0.2) is 89.9 Å². The van der Waals surface area contributed by atoms with Crippen LogP contribution in [-0.4, -0.2) is 8.80 Å². The summed E-state index contributed by atoms with van der Waals surface area (Å²) in [5.74, 6) is 0. The molecule has 1 nitrogen and oxygen atoms in total. The third-order valence-corrected chi connectivity index (χ3v) is 11.9. The fraction of sp³-hybridized carbons (Fsp3) is 0.0909. The summed E-state index contributed by atoms with van der Waals surface area (Å²) < 4.78 is 14.6. The Morgan fingerprint density at radius 3 is 1.92 bits per heavy atom. The van der Waals surface area contributed by atoms with Gasteiger partial charge in [0.05, 0.1) is 8.80 Å². The van der Waals surface area contributed by atoms with Crippen LogP contribution in [0.1, 0.15) is 11.1 Å². The van der Waals surface area contributed by atoms with Gasteiger partial charge in [-0.1, -0.05) is 98.0 Å². The zero-order valence-electron chi connectivity index (χ0n) is 14.5. The smallest absolute Gasteiger partial charge is 0.164 e. The quantitative estimate of drug-likeness (QED) is 0.484. The number of rotatable bonds is 3. The van der Waals surface area contributed by atoms with Crippen molar-refractivity contribution in [1.82, 2.24) is 0 Å². The normalized spacial score (nSPS) is 19.3. The molecule has 25 heavy (non-hydrogen) atoms. The van der Waals surface area contributed by atoms with Crippen LogP contribution in [0.3, 0.4) is 0 Å². The molecular formula is C22H21OPSi. The molecule has 0 N–H and O–H groups in total. The Balaban J connectivity index is 2.12. The van der Waals surface area contributed by atoms with E-state index in [-0.39, 0.29) is 0 Å². The van der Waals surface area contributed by atoms with Crippen molar-refractivity contribution >= 4 is 32.1 Å². The maximum atomic E-state index is 14.6. The standard InChI is InChI=1S/C22H21OPSi/c1-25(2)22-21(17-11-5-3-6-12-17)19-15-9-10-16-20(19)24(22,23)18-13-7-4-8-14-18/h3-16,25H,1-2H3. The molecule has 0 fully saturated rings. The molecule has 3 aromatic carbocycles. The van der Waals surface area contributed by atoms with E-state index >= 15 is 0 Å². The van der Waals surface area contributed by atoms with Crippen LogP contribution in [0, 0.1) is 0 Å². The summed E-state index contributed by atoms with van der Waals surface area (Å²) in [5, 5.41) is 1.97. The third kappa shape index (κ3) is 2.49. The van der Waals surface area contributed by atoms with Crippen molar-refractivity contribution in [3.63, 3.8) is 0 Å². The lowest BCUT2D eigenvalue weighted by molar-refractivity contribution is 0.592. The first kappa shape index (κ1) is 16.3. The molecule has 0 saturated heterocycles. The molecule has 0 amide bonds. The number of hydrogen-bond donors (Lipinski definition) is 0. The number of benzene rings is 3. The van der Waals surface area contributed by atoms with E-state index in [4.69, 9.17) is 0 Å². The summed E-state index contributed by atoms with van der Waals surface area (Å²) in [6.07, 6.45) is 0. The molecule has 0 bridgehead atoms. The van der Waals surface area contributed by atoms with Crippen LogP contribution < -0.4 is 10.6 Å². The molecule has 1 unspecified atom stereocenters. The molecule has 0 saturated carbocycles. The second kappa shape index (κ2) is 6.29. The highest BCUT2D eigenvalue weighted by Crippen LogP contribution is 2.61. The van der Waals surface area contributed by atoms with E-state index in [9.17, 15) is 4.57 Å². The fourth-order valence-corrected chi connectivity index (χ4v) is 11.3. The highest BCUT2D eigenvalue weighted by Gasteiger charge is 2.43. The highest BCUT2D eigenvalue weighted by molar-refractivity contribution is 7.85. The Morgan fingerprint density at radius 2 is 1.28 bits per heavy atom. The molecule has 0 aromatic heterocycles. The maximum Gasteiger partial charge on any atom is 0.164 e. The fourth-order valence-electron chi connectivity index (χ4n) is 3.86. The lowest BCUT2D eigenvalue weighted by Crippen LogP contribution is -2.19. The van der Waals surface area contributed by atoms with E-state index < -0.39 is 15.9 Å². The van der Waals surface area contributed by atoms with Gasteiger partial charge in [-0.3, -0.25) is 0 Å². The molecule has 0 spiro atoms. The summed E-state index contributed by atoms with van der Waals surface area (Å²) in [6.45, 7) is 4.58. The summed E-state index contributed by atoms with van der Waals surface area (Å²) in [7, 11) is -4.07. The minimum absolute atomic E-state index is 0.963. The van der Waals surface area contributed by atoms with E-state index in [1.807, 2.05) is 42.5 Å². The Hall–Kier alpha value is -2.15. The molecule has 3 heteroatoms. The first-order valence-electron chi connectivity index (χ1n) is 8.70. The van der Waals surface area contributed by atoms with Crippen LogP contribution in [-0.2, 0) is 4.57 Å². The average Bonchev–Trinajstić information content (AvgIpc) is 2.94. The molecule has 0 radical (unpaired) electrons. The summed E-state index contributed by atoms with van der Waals surface area (Å²) in [5.41, 5.74) is 3.54. The van der Waals surface area contributed by atoms with Crippen LogP contribution in [0.25, 0.3) is 5.57 Å². The number of fused-ring (bicyclic) bond motifs is 1. The van der Waals surface area contributed by atoms with Crippen LogP contribution in [0.2, 0.25) is 13.1 Å². The topological polar surface area (TPSA) is 17.1 Å². The zero-order valence-corrected chi connectivity index (χ0v) is 16.6. The van der Waals surface area contributed by atoms with Crippen LogP contribution in [0.4, 0.5) is 0 Å². The van der Waals surface area contributed by atoms with Crippen molar-refractivity contribution in [2.75, 3.05) is 0 Å². The molecule has 4 rings (SSSR count). The summed E-state index contributed by atoms with van der Waals surface area (Å²) in [6, 6.07) is 28.8. The molecule has 124 valence electrons. The van der Waals surface area contributed by atoms with Crippen LogP contribution >= 0.6 is 7.14 Å². The van der Waals surface area contributed by atoms with Gasteiger partial charge in [-0.25, -0.2) is 0 Å². The minimum atomic E-state index is -2.76. The van der Waals surface area contributed by atoms with E-state index in [0.717, 1.165) is 16.2 Å². The first-order chi connectivity index (χ1) is 12.1. The molecule has 3 aromatic rings. The van der Waals surface area contributed by atoms with Gasteiger partial charge in [0.1, 0.15) is 0 Å². The largest absolute Gasteiger partial charge is 0.309 e. The molecule has 1 aliphatic heterocycles. The molecule has 1 aliphatic rings. The Bertz CT molecular complexity index is 991. The van der Waals surface area contributed by atoms with Gasteiger partial charge >= 0.3 is 0 Å². The van der Waals surface area contributed by atoms with Crippen molar-refractivity contribution in [3.05, 3.63) is 101 Å². The van der Waals surface area contributed by atoms with Gasteiger partial charge in [-0.05, 0) is 21.6 Å². The zero-order chi connectivity index (χ0) is 17.4. The van der Waals surface area contributed by atoms with Gasteiger partial charge in [-0.2, -0.15) is 0 Å². The lowest BCUT2D eigenvalue weighted by atomic mass is 10.00. The average molecular weight is 360 g/mol. The van der Waals surface area contributed by atoms with Gasteiger partial charge in [-0.15, -0.1) is 0 Å². The van der Waals surface area contributed by atoms with E-state index in [0.29, 0.717) is 0 Å². The molecule has 1 atom stereocenters. The Kier molecular flexibility index (Phi) is 4.11. The summed E-state index contributed by atoms with van der Waals surface area (Å²) >= 11 is 0. The van der Waals surface area contributed by atoms with E-state index in [1.54, 1.807) is 0 Å². The Labute approximate surface area is 151 Å². The third-order valence-electron chi connectivity index (χ3n) is 4.84. The minimum Gasteiger partial charge on any atom is -0.309 e. The van der Waals surface area contributed by atoms with Gasteiger partial charge in [0.2, 0.25) is 0 Å².